The van der Waals surface area contributed by atoms with Crippen LogP contribution < -0.4 is 35.7 Å². The van der Waals surface area contributed by atoms with E-state index in [1.54, 1.807) is 5.66 Å². The fraction of sp³-hybridized carbons (Fsp3) is 0.118. The minimum atomic E-state index is -2.57. The van der Waals surface area contributed by atoms with Gasteiger partial charge in [0.1, 0.15) is 0 Å². The molecule has 0 N–H and O–H groups in total. The maximum Gasteiger partial charge on any atom is 4.00 e. The first-order chi connectivity index (χ1) is 21.7. The summed E-state index contributed by atoms with van der Waals surface area (Å²) in [6.07, 6.45) is 18.1. The third-order valence-electron chi connectivity index (χ3n) is 7.81. The van der Waals surface area contributed by atoms with Crippen LogP contribution in [0.25, 0.3) is 0 Å². The average Bonchev–Trinajstić information content (AvgIpc) is 3.55. The standard InChI is InChI=1S/C22H8BF10.C12H14P.2ClH.Zr/c1-7-6-8-4-2-3-5-9(8)10(7)23(11-13(24)17(28)21(32)18(29)14(11)25)12-15(26)19(30)22(33)20(31)16(12)27;1-9-8-10-6-4-5-7-11(10)12(9)13(2)3;;;/h2-6H,1H3;4-8H,1-3H3;2*1H;/q;;;;+4/p-2. The van der Waals surface area contributed by atoms with Crippen LogP contribution in [0.2, 0.25) is 0 Å². The number of benzene rings is 2. The van der Waals surface area contributed by atoms with Crippen LogP contribution in [0, 0.1) is 118 Å². The normalized spacial score (nSPS) is 18.6. The van der Waals surface area contributed by atoms with Crippen LogP contribution in [0.1, 0.15) is 13.8 Å². The molecule has 0 unspecified atom stereocenters. The molecule has 15 heteroatoms. The Hall–Kier alpha value is -1.34. The summed E-state index contributed by atoms with van der Waals surface area (Å²) < 4.78 is 142. The Labute approximate surface area is 312 Å². The molecule has 0 nitrogen and oxygen atoms in total. The first-order valence-electron chi connectivity index (χ1n) is 13.7. The smallest absolute Gasteiger partial charge is 1.00 e. The van der Waals surface area contributed by atoms with Crippen molar-refractivity contribution in [2.75, 3.05) is 13.3 Å². The third kappa shape index (κ3) is 7.88. The van der Waals surface area contributed by atoms with Crippen molar-refractivity contribution in [2.24, 2.45) is 0 Å². The zero-order valence-corrected chi connectivity index (χ0v) is 30.7. The summed E-state index contributed by atoms with van der Waals surface area (Å²) in [5.41, 5.74) is -1.94. The molecule has 4 aliphatic rings. The Morgan fingerprint density at radius 1 is 0.469 bits per heavy atom. The molecule has 0 atom stereocenters. The molecule has 252 valence electrons. The second-order valence-electron chi connectivity index (χ2n) is 10.9. The molecule has 2 aromatic rings. The molecule has 10 radical (unpaired) electrons. The van der Waals surface area contributed by atoms with E-state index < -0.39 is 81.6 Å². The number of allylic oxidation sites excluding steroid dienone is 8. The monoisotopic (exact) mass is 822 g/mol. The van der Waals surface area contributed by atoms with Crippen LogP contribution in [0.5, 0.6) is 0 Å². The zero-order chi connectivity index (χ0) is 33.8. The summed E-state index contributed by atoms with van der Waals surface area (Å²) in [5.74, 6) is -20.4. The quantitative estimate of drug-likeness (QED) is 0.146. The van der Waals surface area contributed by atoms with E-state index in [0.717, 1.165) is 0 Å². The van der Waals surface area contributed by atoms with Crippen molar-refractivity contribution >= 4 is 25.6 Å². The number of rotatable bonds is 4. The fourth-order valence-corrected chi connectivity index (χ4v) is 7.36. The van der Waals surface area contributed by atoms with E-state index in [4.69, 9.17) is 0 Å². The van der Waals surface area contributed by atoms with Crippen LogP contribution in [0.3, 0.4) is 0 Å². The van der Waals surface area contributed by atoms with Crippen LogP contribution in [0.15, 0.2) is 48.6 Å². The summed E-state index contributed by atoms with van der Waals surface area (Å²) in [4.78, 5) is 0. The molecule has 0 saturated heterocycles. The van der Waals surface area contributed by atoms with E-state index in [-0.39, 0.29) is 70.8 Å². The summed E-state index contributed by atoms with van der Waals surface area (Å²) in [6.45, 7) is 5.59. The summed E-state index contributed by atoms with van der Waals surface area (Å²) >= 11 is 0. The Balaban J connectivity index is 0.000000440. The van der Waals surface area contributed by atoms with E-state index >= 15 is 0 Å². The van der Waals surface area contributed by atoms with Gasteiger partial charge in [-0.05, 0) is 43.8 Å². The van der Waals surface area contributed by atoms with Crippen molar-refractivity contribution in [1.29, 1.82) is 0 Å². The molecule has 2 saturated carbocycles. The van der Waals surface area contributed by atoms with Crippen molar-refractivity contribution in [1.82, 2.24) is 0 Å². The molecular weight excluding hydrogens is 802 g/mol. The van der Waals surface area contributed by atoms with Gasteiger partial charge in [0.05, 0.1) is 0 Å². The first-order valence-corrected chi connectivity index (χ1v) is 15.9. The third-order valence-corrected chi connectivity index (χ3v) is 9.30. The van der Waals surface area contributed by atoms with Crippen LogP contribution >= 0.6 is 7.92 Å². The van der Waals surface area contributed by atoms with Crippen molar-refractivity contribution in [3.05, 3.63) is 167 Å². The molecular formula is C34H22BCl2F10PZr+2. The zero-order valence-electron chi connectivity index (χ0n) is 25.8. The van der Waals surface area contributed by atoms with Gasteiger partial charge in [0, 0.05) is 40.3 Å². The number of hydrogen-bond donors (Lipinski definition) is 0. The number of hydrogen-bond acceptors (Lipinski definition) is 0. The SMILES string of the molecule is C[C]1[CH][C]2C=CC=C[C]2[C]1B(c1c(F)c(F)c(F)c(F)c1F)c1c(F)c(F)c(F)c(F)c1F.C[C]1[CH][C]2C=CC=C[C]2[C]1P(C)C.[Cl-].[Cl-].[Zr+4]. The number of fused-ring (bicyclic) bond motifs is 2. The Bertz CT molecular complexity index is 1520. The van der Waals surface area contributed by atoms with Gasteiger partial charge in [-0.1, -0.05) is 62.5 Å². The Morgan fingerprint density at radius 2 is 0.796 bits per heavy atom. The Kier molecular flexibility index (Phi) is 15.6. The van der Waals surface area contributed by atoms with Crippen LogP contribution in [0.4, 0.5) is 43.9 Å². The second kappa shape index (κ2) is 17.5. The van der Waals surface area contributed by atoms with Crippen molar-refractivity contribution in [3.63, 3.8) is 0 Å². The molecule has 6 rings (SSSR count). The molecule has 0 spiro atoms. The Morgan fingerprint density at radius 3 is 1.20 bits per heavy atom. The van der Waals surface area contributed by atoms with Crippen LogP contribution in [-0.2, 0) is 26.2 Å². The summed E-state index contributed by atoms with van der Waals surface area (Å²) in [7, 11) is 0.0208. The minimum absolute atomic E-state index is 0. The van der Waals surface area contributed by atoms with Gasteiger partial charge in [0.2, 0.25) is 6.71 Å². The van der Waals surface area contributed by atoms with Crippen molar-refractivity contribution in [3.8, 4) is 0 Å². The predicted molar refractivity (Wildman–Crippen MR) is 159 cm³/mol. The van der Waals surface area contributed by atoms with E-state index in [0.29, 0.717) is 5.92 Å². The molecule has 0 aromatic heterocycles. The molecule has 49 heavy (non-hydrogen) atoms. The molecule has 0 bridgehead atoms. The molecule has 0 aliphatic heterocycles. The predicted octanol–water partition coefficient (Wildman–Crippen LogP) is 2.24. The topological polar surface area (TPSA) is 0 Å². The van der Waals surface area contributed by atoms with Gasteiger partial charge in [0.25, 0.3) is 0 Å². The number of halogens is 12. The van der Waals surface area contributed by atoms with E-state index in [2.05, 4.69) is 51.0 Å². The van der Waals surface area contributed by atoms with Gasteiger partial charge in [-0.25, -0.2) is 43.9 Å². The van der Waals surface area contributed by atoms with Gasteiger partial charge in [-0.2, -0.15) is 0 Å². The average molecular weight is 824 g/mol. The van der Waals surface area contributed by atoms with Gasteiger partial charge in [0.15, 0.2) is 58.2 Å². The van der Waals surface area contributed by atoms with E-state index in [9.17, 15) is 43.9 Å². The maximum atomic E-state index is 14.8. The summed E-state index contributed by atoms with van der Waals surface area (Å²) in [6, 6.07) is 0. The molecule has 2 aromatic carbocycles. The van der Waals surface area contributed by atoms with E-state index in [1.165, 1.54) is 55.4 Å². The van der Waals surface area contributed by atoms with Gasteiger partial charge in [-0.15, -0.1) is 7.92 Å². The van der Waals surface area contributed by atoms with Crippen molar-refractivity contribution in [2.45, 2.75) is 13.8 Å². The van der Waals surface area contributed by atoms with Crippen molar-refractivity contribution < 1.29 is 94.9 Å². The summed E-state index contributed by atoms with van der Waals surface area (Å²) in [5, 5.41) is 0. The van der Waals surface area contributed by atoms with Gasteiger partial charge >= 0.3 is 26.2 Å². The maximum absolute atomic E-state index is 14.8. The minimum Gasteiger partial charge on any atom is -1.00 e. The van der Waals surface area contributed by atoms with E-state index in [1.807, 2.05) is 0 Å². The fourth-order valence-electron chi connectivity index (χ4n) is 5.90. The molecule has 0 heterocycles. The molecule has 0 amide bonds. The van der Waals surface area contributed by atoms with Gasteiger partial charge in [-0.3, -0.25) is 0 Å². The van der Waals surface area contributed by atoms with Crippen LogP contribution in [-0.4, -0.2) is 20.0 Å². The first kappa shape index (κ1) is 43.8. The largest absolute Gasteiger partial charge is 4.00 e. The molecule has 4 aliphatic carbocycles. The molecule has 2 fully saturated rings. The second-order valence-corrected chi connectivity index (χ2v) is 13.1. The van der Waals surface area contributed by atoms with Gasteiger partial charge < -0.3 is 24.8 Å².